The first kappa shape index (κ1) is 15.4. The van der Waals surface area contributed by atoms with Crippen LogP contribution >= 0.6 is 0 Å². The summed E-state index contributed by atoms with van der Waals surface area (Å²) < 4.78 is 26.2. The molecule has 1 N–H and O–H groups in total. The number of amides is 1. The van der Waals surface area contributed by atoms with Crippen molar-refractivity contribution < 1.29 is 17.4 Å². The van der Waals surface area contributed by atoms with Crippen LogP contribution in [-0.4, -0.2) is 33.7 Å². The fourth-order valence-electron chi connectivity index (χ4n) is 0.938. The molecule has 0 aromatic rings. The summed E-state index contributed by atoms with van der Waals surface area (Å²) in [6.07, 6.45) is 2.88. The Morgan fingerprint density at radius 1 is 1.38 bits per heavy atom. The second-order valence-electron chi connectivity index (χ2n) is 4.46. The average molecular weight is 251 g/mol. The predicted octanol–water partition coefficient (Wildman–Crippen LogP) is 0.905. The van der Waals surface area contributed by atoms with Gasteiger partial charge in [0.05, 0.1) is 18.3 Å². The zero-order chi connectivity index (χ0) is 12.8. The van der Waals surface area contributed by atoms with E-state index in [-0.39, 0.29) is 12.5 Å². The Morgan fingerprint density at radius 3 is 2.38 bits per heavy atom. The Bertz CT molecular complexity index is 322. The van der Waals surface area contributed by atoms with Crippen molar-refractivity contribution in [3.63, 3.8) is 0 Å². The van der Waals surface area contributed by atoms with E-state index in [0.717, 1.165) is 19.1 Å². The summed E-state index contributed by atoms with van der Waals surface area (Å²) in [6.45, 7) is 5.81. The van der Waals surface area contributed by atoms with E-state index < -0.39 is 15.5 Å². The SMILES string of the molecule is CCCCNC(=O)C(C)(C)COS(C)(=O)=O. The van der Waals surface area contributed by atoms with Crippen molar-refractivity contribution in [2.75, 3.05) is 19.4 Å². The van der Waals surface area contributed by atoms with E-state index in [4.69, 9.17) is 0 Å². The number of rotatable bonds is 7. The van der Waals surface area contributed by atoms with Gasteiger partial charge in [-0.2, -0.15) is 8.42 Å². The van der Waals surface area contributed by atoms with E-state index in [9.17, 15) is 13.2 Å². The molecule has 0 saturated carbocycles. The van der Waals surface area contributed by atoms with Gasteiger partial charge >= 0.3 is 0 Å². The minimum Gasteiger partial charge on any atom is -0.356 e. The molecule has 0 unspecified atom stereocenters. The van der Waals surface area contributed by atoms with Gasteiger partial charge in [0.1, 0.15) is 0 Å². The van der Waals surface area contributed by atoms with Crippen LogP contribution in [0.25, 0.3) is 0 Å². The fourth-order valence-corrected chi connectivity index (χ4v) is 1.45. The molecule has 1 amide bonds. The monoisotopic (exact) mass is 251 g/mol. The van der Waals surface area contributed by atoms with Crippen LogP contribution < -0.4 is 5.32 Å². The van der Waals surface area contributed by atoms with E-state index in [2.05, 4.69) is 9.50 Å². The number of unbranched alkanes of at least 4 members (excludes halogenated alkanes) is 1. The molecule has 0 aliphatic heterocycles. The zero-order valence-corrected chi connectivity index (χ0v) is 11.2. The van der Waals surface area contributed by atoms with Gasteiger partial charge in [0.25, 0.3) is 10.1 Å². The molecule has 0 saturated heterocycles. The van der Waals surface area contributed by atoms with E-state index in [0.29, 0.717) is 6.54 Å². The summed E-state index contributed by atoms with van der Waals surface area (Å²) in [5.41, 5.74) is -0.836. The van der Waals surface area contributed by atoms with Crippen molar-refractivity contribution in [1.29, 1.82) is 0 Å². The molecule has 0 heterocycles. The Labute approximate surface area is 97.7 Å². The van der Waals surface area contributed by atoms with Crippen molar-refractivity contribution in [2.45, 2.75) is 33.6 Å². The van der Waals surface area contributed by atoms with Gasteiger partial charge in [-0.15, -0.1) is 0 Å². The summed E-state index contributed by atoms with van der Waals surface area (Å²) in [5, 5.41) is 2.75. The lowest BCUT2D eigenvalue weighted by Crippen LogP contribution is -2.40. The fraction of sp³-hybridized carbons (Fsp3) is 0.900. The molecular weight excluding hydrogens is 230 g/mol. The van der Waals surface area contributed by atoms with Crippen molar-refractivity contribution in [1.82, 2.24) is 5.32 Å². The summed E-state index contributed by atoms with van der Waals surface area (Å²) in [7, 11) is -3.50. The number of nitrogens with one attached hydrogen (secondary N) is 1. The molecular formula is C10H21NO4S. The molecule has 0 spiro atoms. The minimum absolute atomic E-state index is 0.135. The van der Waals surface area contributed by atoms with Crippen molar-refractivity contribution in [3.8, 4) is 0 Å². The maximum atomic E-state index is 11.7. The first-order valence-electron chi connectivity index (χ1n) is 5.32. The van der Waals surface area contributed by atoms with Crippen molar-refractivity contribution in [2.24, 2.45) is 5.41 Å². The van der Waals surface area contributed by atoms with Gasteiger partial charge < -0.3 is 5.32 Å². The standard InChI is InChI=1S/C10H21NO4S/c1-5-6-7-11-9(12)10(2,3)8-15-16(4,13)14/h5-8H2,1-4H3,(H,11,12). The summed E-state index contributed by atoms with van der Waals surface area (Å²) in [4.78, 5) is 11.7. The highest BCUT2D eigenvalue weighted by Crippen LogP contribution is 2.16. The van der Waals surface area contributed by atoms with E-state index in [1.807, 2.05) is 6.92 Å². The summed E-state index contributed by atoms with van der Waals surface area (Å²) in [6, 6.07) is 0. The van der Waals surface area contributed by atoms with Crippen LogP contribution in [0.4, 0.5) is 0 Å². The second-order valence-corrected chi connectivity index (χ2v) is 6.10. The van der Waals surface area contributed by atoms with Gasteiger partial charge in [0, 0.05) is 6.54 Å². The lowest BCUT2D eigenvalue weighted by atomic mass is 9.94. The maximum absolute atomic E-state index is 11.7. The van der Waals surface area contributed by atoms with Gasteiger partial charge in [-0.25, -0.2) is 0 Å². The number of carbonyl (C=O) groups is 1. The van der Waals surface area contributed by atoms with Crippen LogP contribution in [0.3, 0.4) is 0 Å². The van der Waals surface area contributed by atoms with Gasteiger partial charge in [0.15, 0.2) is 0 Å². The highest BCUT2D eigenvalue weighted by atomic mass is 32.2. The normalized spacial score (nSPS) is 12.5. The molecule has 0 aromatic heterocycles. The molecule has 0 bridgehead atoms. The summed E-state index contributed by atoms with van der Waals surface area (Å²) in [5.74, 6) is -0.190. The molecule has 6 heteroatoms. The smallest absolute Gasteiger partial charge is 0.264 e. The summed E-state index contributed by atoms with van der Waals surface area (Å²) >= 11 is 0. The van der Waals surface area contributed by atoms with Gasteiger partial charge in [0.2, 0.25) is 5.91 Å². The van der Waals surface area contributed by atoms with Crippen molar-refractivity contribution in [3.05, 3.63) is 0 Å². The third kappa shape index (κ3) is 6.79. The largest absolute Gasteiger partial charge is 0.356 e. The third-order valence-electron chi connectivity index (χ3n) is 2.06. The Morgan fingerprint density at radius 2 is 1.94 bits per heavy atom. The van der Waals surface area contributed by atoms with E-state index in [1.54, 1.807) is 13.8 Å². The predicted molar refractivity (Wildman–Crippen MR) is 62.5 cm³/mol. The van der Waals surface area contributed by atoms with Crippen LogP contribution in [0.15, 0.2) is 0 Å². The first-order chi connectivity index (χ1) is 7.19. The van der Waals surface area contributed by atoms with Crippen LogP contribution in [0.1, 0.15) is 33.6 Å². The maximum Gasteiger partial charge on any atom is 0.264 e. The molecule has 96 valence electrons. The number of hydrogen-bond acceptors (Lipinski definition) is 4. The van der Waals surface area contributed by atoms with Crippen LogP contribution in [-0.2, 0) is 19.1 Å². The topological polar surface area (TPSA) is 72.5 Å². The van der Waals surface area contributed by atoms with Crippen LogP contribution in [0.2, 0.25) is 0 Å². The molecule has 16 heavy (non-hydrogen) atoms. The minimum atomic E-state index is -3.50. The molecule has 0 fully saturated rings. The number of carbonyl (C=O) groups excluding carboxylic acids is 1. The molecule has 0 aliphatic carbocycles. The highest BCUT2D eigenvalue weighted by molar-refractivity contribution is 7.85. The lowest BCUT2D eigenvalue weighted by molar-refractivity contribution is -0.130. The highest BCUT2D eigenvalue weighted by Gasteiger charge is 2.29. The quantitative estimate of drug-likeness (QED) is 0.539. The number of hydrogen-bond donors (Lipinski definition) is 1. The Balaban J connectivity index is 4.15. The molecule has 0 aliphatic rings. The zero-order valence-electron chi connectivity index (χ0n) is 10.4. The van der Waals surface area contributed by atoms with Crippen molar-refractivity contribution >= 4 is 16.0 Å². The first-order valence-corrected chi connectivity index (χ1v) is 7.13. The van der Waals surface area contributed by atoms with Crippen LogP contribution in [0.5, 0.6) is 0 Å². The second kappa shape index (κ2) is 6.20. The molecule has 0 rings (SSSR count). The van der Waals surface area contributed by atoms with Gasteiger partial charge in [-0.1, -0.05) is 13.3 Å². The van der Waals surface area contributed by atoms with Gasteiger partial charge in [-0.05, 0) is 20.3 Å². The van der Waals surface area contributed by atoms with E-state index >= 15 is 0 Å². The average Bonchev–Trinajstić information content (AvgIpc) is 2.14. The Hall–Kier alpha value is -0.620. The molecule has 0 atom stereocenters. The molecule has 5 nitrogen and oxygen atoms in total. The van der Waals surface area contributed by atoms with Gasteiger partial charge in [-0.3, -0.25) is 8.98 Å². The van der Waals surface area contributed by atoms with E-state index in [1.165, 1.54) is 0 Å². The van der Waals surface area contributed by atoms with Crippen LogP contribution in [0, 0.1) is 5.41 Å². The molecule has 0 radical (unpaired) electrons. The lowest BCUT2D eigenvalue weighted by Gasteiger charge is -2.22. The molecule has 0 aromatic carbocycles. The third-order valence-corrected chi connectivity index (χ3v) is 2.61. The Kier molecular flexibility index (Phi) is 5.96.